The van der Waals surface area contributed by atoms with Gasteiger partial charge in [0.2, 0.25) is 0 Å². The van der Waals surface area contributed by atoms with Crippen molar-refractivity contribution >= 4 is 24.1 Å². The summed E-state index contributed by atoms with van der Waals surface area (Å²) in [5, 5.41) is 6.30. The minimum absolute atomic E-state index is 0. The van der Waals surface area contributed by atoms with E-state index in [2.05, 4.69) is 27.4 Å². The van der Waals surface area contributed by atoms with Crippen LogP contribution in [0.1, 0.15) is 52.4 Å². The second kappa shape index (κ2) is 9.81. The van der Waals surface area contributed by atoms with Gasteiger partial charge in [-0.15, -0.1) is 12.4 Å². The van der Waals surface area contributed by atoms with Gasteiger partial charge in [-0.3, -0.25) is 14.5 Å². The number of rotatable bonds is 7. The molecule has 0 saturated carbocycles. The third kappa shape index (κ3) is 5.06. The summed E-state index contributed by atoms with van der Waals surface area (Å²) in [4.78, 5) is 29.8. The molecule has 1 saturated heterocycles. The molecule has 136 valence electrons. The smallest absolute Gasteiger partial charge is 0.268 e. The van der Waals surface area contributed by atoms with E-state index in [1.54, 1.807) is 6.92 Å². The van der Waals surface area contributed by atoms with Crippen molar-refractivity contribution in [2.75, 3.05) is 39.3 Å². The van der Waals surface area contributed by atoms with Gasteiger partial charge < -0.3 is 15.6 Å². The number of halogens is 1. The Labute approximate surface area is 150 Å². The molecule has 1 fully saturated rings. The molecule has 0 atom stereocenters. The number of aryl methyl sites for hydroxylation is 1. The van der Waals surface area contributed by atoms with E-state index >= 15 is 0 Å². The maximum Gasteiger partial charge on any atom is 0.268 e. The van der Waals surface area contributed by atoms with Crippen molar-refractivity contribution in [3.8, 4) is 0 Å². The molecule has 1 aliphatic rings. The van der Waals surface area contributed by atoms with Gasteiger partial charge in [-0.2, -0.15) is 0 Å². The van der Waals surface area contributed by atoms with E-state index in [0.717, 1.165) is 56.8 Å². The summed E-state index contributed by atoms with van der Waals surface area (Å²) < 4.78 is 0. The lowest BCUT2D eigenvalue weighted by Gasteiger charge is -2.27. The van der Waals surface area contributed by atoms with Gasteiger partial charge in [0.1, 0.15) is 5.69 Å². The number of hydrogen-bond acceptors (Lipinski definition) is 4. The molecule has 0 bridgehead atoms. The fourth-order valence-corrected chi connectivity index (χ4v) is 3.20. The molecule has 1 aromatic heterocycles. The van der Waals surface area contributed by atoms with Crippen LogP contribution in [-0.4, -0.2) is 60.8 Å². The number of hydrogen-bond donors (Lipinski definition) is 3. The van der Waals surface area contributed by atoms with Crippen molar-refractivity contribution in [2.24, 2.45) is 0 Å². The van der Waals surface area contributed by atoms with Crippen LogP contribution in [0.5, 0.6) is 0 Å². The van der Waals surface area contributed by atoms with Crippen molar-refractivity contribution in [3.63, 3.8) is 0 Å². The molecule has 1 amide bonds. The predicted molar refractivity (Wildman–Crippen MR) is 98.4 cm³/mol. The first-order valence-electron chi connectivity index (χ1n) is 8.48. The highest BCUT2D eigenvalue weighted by Gasteiger charge is 2.22. The van der Waals surface area contributed by atoms with Gasteiger partial charge in [0.15, 0.2) is 5.78 Å². The largest absolute Gasteiger partial charge is 0.354 e. The van der Waals surface area contributed by atoms with Crippen molar-refractivity contribution in [3.05, 3.63) is 22.5 Å². The number of piperazine rings is 1. The fourth-order valence-electron chi connectivity index (χ4n) is 3.20. The molecule has 1 aromatic rings. The Bertz CT molecular complexity index is 565. The first kappa shape index (κ1) is 20.7. The van der Waals surface area contributed by atoms with Crippen molar-refractivity contribution in [2.45, 2.75) is 33.6 Å². The van der Waals surface area contributed by atoms with Gasteiger partial charge in [-0.25, -0.2) is 0 Å². The Balaban J connectivity index is 0.00000288. The Kier molecular flexibility index (Phi) is 8.45. The van der Waals surface area contributed by atoms with Crippen molar-refractivity contribution < 1.29 is 9.59 Å². The van der Waals surface area contributed by atoms with E-state index in [-0.39, 0.29) is 24.1 Å². The maximum atomic E-state index is 12.5. The fraction of sp³-hybridized carbons (Fsp3) is 0.647. The zero-order chi connectivity index (χ0) is 16.8. The number of carbonyl (C=O) groups is 2. The van der Waals surface area contributed by atoms with E-state index in [1.165, 1.54) is 0 Å². The molecule has 0 aromatic carbocycles. The van der Waals surface area contributed by atoms with E-state index < -0.39 is 0 Å². The van der Waals surface area contributed by atoms with Crippen LogP contribution in [0.2, 0.25) is 0 Å². The summed E-state index contributed by atoms with van der Waals surface area (Å²) in [7, 11) is 0. The van der Waals surface area contributed by atoms with Gasteiger partial charge in [0.05, 0.1) is 0 Å². The average molecular weight is 357 g/mol. The molecule has 2 rings (SSSR count). The average Bonchev–Trinajstić information content (AvgIpc) is 2.85. The summed E-state index contributed by atoms with van der Waals surface area (Å²) >= 11 is 0. The summed E-state index contributed by atoms with van der Waals surface area (Å²) in [6.45, 7) is 11.0. The Morgan fingerprint density at radius 3 is 2.50 bits per heavy atom. The number of nitrogens with one attached hydrogen (secondary N) is 3. The molecule has 0 spiro atoms. The molecule has 0 aliphatic carbocycles. The van der Waals surface area contributed by atoms with Crippen LogP contribution in [-0.2, 0) is 6.42 Å². The third-order valence-electron chi connectivity index (χ3n) is 4.29. The number of carbonyl (C=O) groups excluding carboxylic acids is 2. The zero-order valence-electron chi connectivity index (χ0n) is 14.8. The van der Waals surface area contributed by atoms with Gasteiger partial charge in [0, 0.05) is 50.5 Å². The summed E-state index contributed by atoms with van der Waals surface area (Å²) in [5.41, 5.74) is 2.87. The highest BCUT2D eigenvalue weighted by Crippen LogP contribution is 2.21. The standard InChI is InChI=1S/C17H28N4O2.ClH/c1-4-5-14-15(13(3)22)12(2)20-16(14)17(23)19-8-11-21-9-6-18-7-10-21;/h18,20H,4-11H2,1-3H3,(H,19,23);1H. The molecule has 0 unspecified atom stereocenters. The van der Waals surface area contributed by atoms with Crippen molar-refractivity contribution in [1.82, 2.24) is 20.5 Å². The minimum Gasteiger partial charge on any atom is -0.354 e. The molecular weight excluding hydrogens is 328 g/mol. The van der Waals surface area contributed by atoms with Gasteiger partial charge in [0.25, 0.3) is 5.91 Å². The topological polar surface area (TPSA) is 77.2 Å². The van der Waals surface area contributed by atoms with Gasteiger partial charge in [-0.1, -0.05) is 13.3 Å². The molecule has 7 heteroatoms. The Morgan fingerprint density at radius 2 is 1.92 bits per heavy atom. The van der Waals surface area contributed by atoms with Crippen LogP contribution >= 0.6 is 12.4 Å². The van der Waals surface area contributed by atoms with Gasteiger partial charge in [-0.05, 0) is 25.8 Å². The second-order valence-corrected chi connectivity index (χ2v) is 6.13. The van der Waals surface area contributed by atoms with Crippen molar-refractivity contribution in [1.29, 1.82) is 0 Å². The van der Waals surface area contributed by atoms with E-state index in [1.807, 2.05) is 6.92 Å². The second-order valence-electron chi connectivity index (χ2n) is 6.13. The van der Waals surface area contributed by atoms with Crippen LogP contribution in [0.4, 0.5) is 0 Å². The van der Waals surface area contributed by atoms with Crippen LogP contribution in [0.25, 0.3) is 0 Å². The van der Waals surface area contributed by atoms with Crippen LogP contribution < -0.4 is 10.6 Å². The molecule has 2 heterocycles. The highest BCUT2D eigenvalue weighted by molar-refractivity contribution is 6.02. The van der Waals surface area contributed by atoms with Crippen LogP contribution in [0, 0.1) is 6.92 Å². The first-order chi connectivity index (χ1) is 11.0. The molecule has 24 heavy (non-hydrogen) atoms. The Hall–Kier alpha value is -1.37. The monoisotopic (exact) mass is 356 g/mol. The molecule has 1 aliphatic heterocycles. The van der Waals surface area contributed by atoms with E-state index in [0.29, 0.717) is 17.8 Å². The van der Waals surface area contributed by atoms with Crippen LogP contribution in [0.3, 0.4) is 0 Å². The highest BCUT2D eigenvalue weighted by atomic mass is 35.5. The minimum atomic E-state index is -0.112. The molecule has 6 nitrogen and oxygen atoms in total. The van der Waals surface area contributed by atoms with Gasteiger partial charge >= 0.3 is 0 Å². The summed E-state index contributed by atoms with van der Waals surface area (Å²) in [6, 6.07) is 0. The maximum absolute atomic E-state index is 12.5. The number of H-pyrrole nitrogens is 1. The number of nitrogens with zero attached hydrogens (tertiary/aromatic N) is 1. The lowest BCUT2D eigenvalue weighted by molar-refractivity contribution is 0.0941. The number of aromatic nitrogens is 1. The normalized spacial score (nSPS) is 15.0. The quantitative estimate of drug-likeness (QED) is 0.647. The zero-order valence-corrected chi connectivity index (χ0v) is 15.6. The number of ketones is 1. The van der Waals surface area contributed by atoms with E-state index in [9.17, 15) is 9.59 Å². The summed E-state index contributed by atoms with van der Waals surface area (Å²) in [6.07, 6.45) is 1.64. The lowest BCUT2D eigenvalue weighted by atomic mass is 10.0. The number of Topliss-reactive ketones (excluding diaryl/α,β-unsaturated/α-hetero) is 1. The third-order valence-corrected chi connectivity index (χ3v) is 4.29. The summed E-state index contributed by atoms with van der Waals surface area (Å²) in [5.74, 6) is -0.0961. The van der Waals surface area contributed by atoms with E-state index in [4.69, 9.17) is 0 Å². The predicted octanol–water partition coefficient (Wildman–Crippen LogP) is 1.54. The molecule has 3 N–H and O–H groups in total. The first-order valence-corrected chi connectivity index (χ1v) is 8.48. The number of amides is 1. The SMILES string of the molecule is CCCc1c(C(=O)NCCN2CCNCC2)[nH]c(C)c1C(C)=O.Cl. The van der Waals surface area contributed by atoms with Crippen LogP contribution in [0.15, 0.2) is 0 Å². The molecular formula is C17H29ClN4O2. The Morgan fingerprint density at radius 1 is 1.25 bits per heavy atom. The molecule has 0 radical (unpaired) electrons. The number of aromatic amines is 1. The lowest BCUT2D eigenvalue weighted by Crippen LogP contribution is -2.46.